The molecule has 2 N–H and O–H groups in total. The van der Waals surface area contributed by atoms with E-state index in [2.05, 4.69) is 5.32 Å². The second-order valence-electron chi connectivity index (χ2n) is 5.93. The summed E-state index contributed by atoms with van der Waals surface area (Å²) < 4.78 is 0. The Morgan fingerprint density at radius 1 is 1.15 bits per heavy atom. The number of nitrogens with one attached hydrogen (secondary N) is 1. The highest BCUT2D eigenvalue weighted by atomic mass is 16.4. The molecule has 0 heterocycles. The molecule has 2 saturated carbocycles. The van der Waals surface area contributed by atoms with E-state index in [9.17, 15) is 9.59 Å². The molecule has 1 aromatic rings. The summed E-state index contributed by atoms with van der Waals surface area (Å²) in [6.45, 7) is 0.509. The average Bonchev–Trinajstić information content (AvgIpc) is 3.05. The van der Waals surface area contributed by atoms with E-state index in [0.717, 1.165) is 30.2 Å². The van der Waals surface area contributed by atoms with Crippen LogP contribution in [-0.2, 0) is 11.2 Å². The Hall–Kier alpha value is -1.84. The van der Waals surface area contributed by atoms with Gasteiger partial charge >= 0.3 is 5.97 Å². The van der Waals surface area contributed by atoms with Crippen molar-refractivity contribution in [1.82, 2.24) is 5.32 Å². The first kappa shape index (κ1) is 13.2. The molecule has 2 atom stereocenters. The van der Waals surface area contributed by atoms with E-state index in [1.165, 1.54) is 6.42 Å². The Labute approximate surface area is 118 Å². The Kier molecular flexibility index (Phi) is 3.47. The predicted octanol–water partition coefficient (Wildman–Crippen LogP) is 2.09. The molecule has 0 saturated heterocycles. The van der Waals surface area contributed by atoms with Crippen molar-refractivity contribution in [2.75, 3.05) is 6.54 Å². The smallest absolute Gasteiger partial charge is 0.335 e. The SMILES string of the molecule is O=C(O)c1ccccc1CCNC(=O)C1CC2CC2C1. The molecule has 1 aromatic carbocycles. The van der Waals surface area contributed by atoms with Gasteiger partial charge in [-0.05, 0) is 49.1 Å². The Balaban J connectivity index is 1.50. The topological polar surface area (TPSA) is 66.4 Å². The number of fused-ring (bicyclic) bond motifs is 1. The molecule has 0 aliphatic heterocycles. The van der Waals surface area contributed by atoms with E-state index in [1.807, 2.05) is 6.07 Å². The molecule has 3 rings (SSSR count). The maximum Gasteiger partial charge on any atom is 0.335 e. The Morgan fingerprint density at radius 2 is 1.85 bits per heavy atom. The summed E-state index contributed by atoms with van der Waals surface area (Å²) in [6.07, 6.45) is 3.97. The molecule has 2 unspecified atom stereocenters. The molecule has 2 aliphatic rings. The molecule has 106 valence electrons. The van der Waals surface area contributed by atoms with Gasteiger partial charge < -0.3 is 10.4 Å². The zero-order chi connectivity index (χ0) is 14.1. The zero-order valence-electron chi connectivity index (χ0n) is 11.3. The first-order chi connectivity index (χ1) is 9.65. The Morgan fingerprint density at radius 3 is 2.55 bits per heavy atom. The predicted molar refractivity (Wildman–Crippen MR) is 74.4 cm³/mol. The monoisotopic (exact) mass is 273 g/mol. The van der Waals surface area contributed by atoms with Gasteiger partial charge in [0, 0.05) is 12.5 Å². The molecule has 20 heavy (non-hydrogen) atoms. The van der Waals surface area contributed by atoms with Gasteiger partial charge in [0.25, 0.3) is 0 Å². The number of amides is 1. The van der Waals surface area contributed by atoms with Gasteiger partial charge in [-0.1, -0.05) is 18.2 Å². The number of benzene rings is 1. The van der Waals surface area contributed by atoms with Crippen LogP contribution in [0.5, 0.6) is 0 Å². The van der Waals surface area contributed by atoms with Crippen molar-refractivity contribution in [3.63, 3.8) is 0 Å². The van der Waals surface area contributed by atoms with Gasteiger partial charge in [0.2, 0.25) is 5.91 Å². The molecule has 0 radical (unpaired) electrons. The van der Waals surface area contributed by atoms with Crippen LogP contribution in [0.15, 0.2) is 24.3 Å². The third-order valence-corrected chi connectivity index (χ3v) is 4.56. The molecule has 1 amide bonds. The first-order valence-corrected chi connectivity index (χ1v) is 7.24. The summed E-state index contributed by atoms with van der Waals surface area (Å²) in [7, 11) is 0. The zero-order valence-corrected chi connectivity index (χ0v) is 11.3. The van der Waals surface area contributed by atoms with Crippen molar-refractivity contribution >= 4 is 11.9 Å². The van der Waals surface area contributed by atoms with Gasteiger partial charge in [-0.2, -0.15) is 0 Å². The van der Waals surface area contributed by atoms with Gasteiger partial charge in [-0.25, -0.2) is 4.79 Å². The van der Waals surface area contributed by atoms with E-state index in [1.54, 1.807) is 18.2 Å². The number of hydrogen-bond donors (Lipinski definition) is 2. The lowest BCUT2D eigenvalue weighted by Crippen LogP contribution is -2.31. The maximum atomic E-state index is 12.0. The van der Waals surface area contributed by atoms with E-state index in [0.29, 0.717) is 18.5 Å². The van der Waals surface area contributed by atoms with Crippen LogP contribution in [0.25, 0.3) is 0 Å². The maximum absolute atomic E-state index is 12.0. The minimum absolute atomic E-state index is 0.144. The number of aromatic carboxylic acids is 1. The van der Waals surface area contributed by atoms with Crippen LogP contribution in [0.4, 0.5) is 0 Å². The van der Waals surface area contributed by atoms with Gasteiger partial charge in [-0.15, -0.1) is 0 Å². The van der Waals surface area contributed by atoms with E-state index in [4.69, 9.17) is 5.11 Å². The van der Waals surface area contributed by atoms with Crippen LogP contribution in [0.2, 0.25) is 0 Å². The molecular weight excluding hydrogens is 254 g/mol. The molecular formula is C16H19NO3. The van der Waals surface area contributed by atoms with Crippen molar-refractivity contribution in [2.24, 2.45) is 17.8 Å². The minimum Gasteiger partial charge on any atom is -0.478 e. The van der Waals surface area contributed by atoms with Crippen LogP contribution in [-0.4, -0.2) is 23.5 Å². The van der Waals surface area contributed by atoms with Crippen LogP contribution in [0, 0.1) is 17.8 Å². The van der Waals surface area contributed by atoms with E-state index < -0.39 is 5.97 Å². The summed E-state index contributed by atoms with van der Waals surface area (Å²) in [5.74, 6) is 1.03. The lowest BCUT2D eigenvalue weighted by Gasteiger charge is -2.12. The van der Waals surface area contributed by atoms with Crippen molar-refractivity contribution in [1.29, 1.82) is 0 Å². The largest absolute Gasteiger partial charge is 0.478 e. The lowest BCUT2D eigenvalue weighted by molar-refractivity contribution is -0.125. The van der Waals surface area contributed by atoms with E-state index >= 15 is 0 Å². The number of carbonyl (C=O) groups is 2. The van der Waals surface area contributed by atoms with Crippen molar-refractivity contribution in [2.45, 2.75) is 25.7 Å². The highest BCUT2D eigenvalue weighted by Gasteiger charge is 2.47. The lowest BCUT2D eigenvalue weighted by atomic mass is 10.0. The summed E-state index contributed by atoms with van der Waals surface area (Å²) in [6, 6.07) is 6.95. The molecule has 0 spiro atoms. The van der Waals surface area contributed by atoms with Crippen LogP contribution >= 0.6 is 0 Å². The normalized spacial score (nSPS) is 26.9. The molecule has 4 heteroatoms. The quantitative estimate of drug-likeness (QED) is 0.863. The van der Waals surface area contributed by atoms with Gasteiger partial charge in [0.15, 0.2) is 0 Å². The second kappa shape index (κ2) is 5.27. The third-order valence-electron chi connectivity index (χ3n) is 4.56. The molecule has 4 nitrogen and oxygen atoms in total. The third kappa shape index (κ3) is 2.69. The van der Waals surface area contributed by atoms with Crippen molar-refractivity contribution in [3.05, 3.63) is 35.4 Å². The summed E-state index contributed by atoms with van der Waals surface area (Å²) >= 11 is 0. The van der Waals surface area contributed by atoms with E-state index in [-0.39, 0.29) is 11.8 Å². The fraction of sp³-hybridized carbons (Fsp3) is 0.500. The molecule has 0 bridgehead atoms. The summed E-state index contributed by atoms with van der Waals surface area (Å²) in [5.41, 5.74) is 1.10. The van der Waals surface area contributed by atoms with Gasteiger partial charge in [-0.3, -0.25) is 4.79 Å². The van der Waals surface area contributed by atoms with Crippen LogP contribution in [0.3, 0.4) is 0 Å². The average molecular weight is 273 g/mol. The summed E-state index contributed by atoms with van der Waals surface area (Å²) in [5, 5.41) is 12.0. The highest BCUT2D eigenvalue weighted by molar-refractivity contribution is 5.89. The number of carbonyl (C=O) groups excluding carboxylic acids is 1. The van der Waals surface area contributed by atoms with Gasteiger partial charge in [0.05, 0.1) is 5.56 Å². The molecule has 0 aromatic heterocycles. The molecule has 2 aliphatic carbocycles. The fourth-order valence-electron chi connectivity index (χ4n) is 3.34. The van der Waals surface area contributed by atoms with Gasteiger partial charge in [0.1, 0.15) is 0 Å². The second-order valence-corrected chi connectivity index (χ2v) is 5.93. The standard InChI is InChI=1S/C16H19NO3/c18-15(13-8-11-7-12(11)9-13)17-6-5-10-3-1-2-4-14(10)16(19)20/h1-4,11-13H,5-9H2,(H,17,18)(H,19,20). The fourth-order valence-corrected chi connectivity index (χ4v) is 3.34. The number of carboxylic acid groups (broad SMARTS) is 1. The first-order valence-electron chi connectivity index (χ1n) is 7.24. The van der Waals surface area contributed by atoms with Crippen molar-refractivity contribution < 1.29 is 14.7 Å². The van der Waals surface area contributed by atoms with Crippen LogP contribution < -0.4 is 5.32 Å². The highest BCUT2D eigenvalue weighted by Crippen LogP contribution is 2.54. The number of rotatable bonds is 5. The van der Waals surface area contributed by atoms with Crippen molar-refractivity contribution in [3.8, 4) is 0 Å². The minimum atomic E-state index is -0.914. The Bertz CT molecular complexity index is 530. The van der Waals surface area contributed by atoms with Crippen LogP contribution in [0.1, 0.15) is 35.2 Å². The summed E-state index contributed by atoms with van der Waals surface area (Å²) in [4.78, 5) is 23.1. The molecule has 2 fully saturated rings. The number of carboxylic acids is 1. The number of hydrogen-bond acceptors (Lipinski definition) is 2.